The van der Waals surface area contributed by atoms with Crippen molar-refractivity contribution in [2.24, 2.45) is 0 Å². The first-order valence-electron chi connectivity index (χ1n) is 5.23. The predicted octanol–water partition coefficient (Wildman–Crippen LogP) is 3.12. The third-order valence-electron chi connectivity index (χ3n) is 2.35. The average Bonchev–Trinajstić information content (AvgIpc) is 2.38. The van der Waals surface area contributed by atoms with Gasteiger partial charge in [0.1, 0.15) is 6.61 Å². The SMILES string of the molecule is O=C(O)c1cccc(Br)c1COc1ccccn1. The molecular formula is C13H10BrNO3. The smallest absolute Gasteiger partial charge is 0.336 e. The minimum absolute atomic E-state index is 0.153. The van der Waals surface area contributed by atoms with E-state index in [4.69, 9.17) is 9.84 Å². The van der Waals surface area contributed by atoms with Crippen LogP contribution in [0.3, 0.4) is 0 Å². The lowest BCUT2D eigenvalue weighted by Crippen LogP contribution is -2.06. The van der Waals surface area contributed by atoms with Gasteiger partial charge < -0.3 is 9.84 Å². The minimum Gasteiger partial charge on any atom is -0.478 e. The first-order valence-corrected chi connectivity index (χ1v) is 6.02. The average molecular weight is 308 g/mol. The van der Waals surface area contributed by atoms with Gasteiger partial charge in [-0.3, -0.25) is 0 Å². The van der Waals surface area contributed by atoms with Gasteiger partial charge in [-0.25, -0.2) is 9.78 Å². The molecule has 2 rings (SSSR count). The fourth-order valence-electron chi connectivity index (χ4n) is 1.48. The van der Waals surface area contributed by atoms with Gasteiger partial charge in [-0.05, 0) is 18.2 Å². The van der Waals surface area contributed by atoms with E-state index in [1.165, 1.54) is 0 Å². The van der Waals surface area contributed by atoms with Gasteiger partial charge >= 0.3 is 5.97 Å². The number of halogens is 1. The van der Waals surface area contributed by atoms with Crippen LogP contribution in [-0.4, -0.2) is 16.1 Å². The van der Waals surface area contributed by atoms with Crippen LogP contribution in [-0.2, 0) is 6.61 Å². The van der Waals surface area contributed by atoms with Crippen LogP contribution in [0.2, 0.25) is 0 Å². The van der Waals surface area contributed by atoms with Crippen molar-refractivity contribution in [3.63, 3.8) is 0 Å². The second-order valence-electron chi connectivity index (χ2n) is 3.53. The molecule has 0 aliphatic carbocycles. The standard InChI is InChI=1S/C13H10BrNO3/c14-11-5-3-4-9(13(16)17)10(11)8-18-12-6-1-2-7-15-12/h1-7H,8H2,(H,16,17). The van der Waals surface area contributed by atoms with Crippen LogP contribution in [0, 0.1) is 0 Å². The third-order valence-corrected chi connectivity index (χ3v) is 3.09. The van der Waals surface area contributed by atoms with Gasteiger partial charge in [0.25, 0.3) is 0 Å². The Labute approximate surface area is 112 Å². The lowest BCUT2D eigenvalue weighted by molar-refractivity contribution is 0.0693. The molecule has 1 aromatic heterocycles. The molecule has 0 radical (unpaired) electrons. The molecule has 1 heterocycles. The van der Waals surface area contributed by atoms with Gasteiger partial charge in [0.15, 0.2) is 0 Å². The molecule has 2 aromatic rings. The molecule has 0 aliphatic rings. The number of aromatic carboxylic acids is 1. The fourth-order valence-corrected chi connectivity index (χ4v) is 1.96. The summed E-state index contributed by atoms with van der Waals surface area (Å²) in [7, 11) is 0. The number of carboxylic acids is 1. The fraction of sp³-hybridized carbons (Fsp3) is 0.0769. The topological polar surface area (TPSA) is 59.4 Å². The van der Waals surface area contributed by atoms with E-state index in [1.54, 1.807) is 42.6 Å². The van der Waals surface area contributed by atoms with Crippen LogP contribution in [0.4, 0.5) is 0 Å². The van der Waals surface area contributed by atoms with Crippen molar-refractivity contribution in [2.75, 3.05) is 0 Å². The highest BCUT2D eigenvalue weighted by Crippen LogP contribution is 2.22. The predicted molar refractivity (Wildman–Crippen MR) is 69.7 cm³/mol. The number of ether oxygens (including phenoxy) is 1. The summed E-state index contributed by atoms with van der Waals surface area (Å²) in [5, 5.41) is 9.10. The molecule has 0 saturated carbocycles. The van der Waals surface area contributed by atoms with E-state index in [-0.39, 0.29) is 12.2 Å². The zero-order chi connectivity index (χ0) is 13.0. The highest BCUT2D eigenvalue weighted by molar-refractivity contribution is 9.10. The van der Waals surface area contributed by atoms with Crippen LogP contribution in [0.1, 0.15) is 15.9 Å². The summed E-state index contributed by atoms with van der Waals surface area (Å²) < 4.78 is 6.17. The molecule has 0 unspecified atom stereocenters. The number of nitrogens with zero attached hydrogens (tertiary/aromatic N) is 1. The van der Waals surface area contributed by atoms with Gasteiger partial charge in [0.05, 0.1) is 5.56 Å². The first kappa shape index (κ1) is 12.6. The van der Waals surface area contributed by atoms with Crippen LogP contribution in [0.25, 0.3) is 0 Å². The van der Waals surface area contributed by atoms with Crippen molar-refractivity contribution in [1.82, 2.24) is 4.98 Å². The van der Waals surface area contributed by atoms with E-state index in [1.807, 2.05) is 0 Å². The van der Waals surface area contributed by atoms with Crippen molar-refractivity contribution >= 4 is 21.9 Å². The number of carbonyl (C=O) groups is 1. The summed E-state index contributed by atoms with van der Waals surface area (Å²) in [4.78, 5) is 15.1. The number of aromatic nitrogens is 1. The van der Waals surface area contributed by atoms with Crippen molar-refractivity contribution in [2.45, 2.75) is 6.61 Å². The van der Waals surface area contributed by atoms with Crippen LogP contribution in [0.15, 0.2) is 47.1 Å². The zero-order valence-corrected chi connectivity index (χ0v) is 10.9. The number of carboxylic acid groups (broad SMARTS) is 1. The maximum Gasteiger partial charge on any atom is 0.336 e. The largest absolute Gasteiger partial charge is 0.478 e. The quantitative estimate of drug-likeness (QED) is 0.943. The Morgan fingerprint density at radius 3 is 2.78 bits per heavy atom. The molecule has 4 nitrogen and oxygen atoms in total. The summed E-state index contributed by atoms with van der Waals surface area (Å²) in [6, 6.07) is 10.3. The van der Waals surface area contributed by atoms with Gasteiger partial charge in [0.2, 0.25) is 5.88 Å². The maximum atomic E-state index is 11.1. The van der Waals surface area contributed by atoms with Crippen molar-refractivity contribution in [1.29, 1.82) is 0 Å². The van der Waals surface area contributed by atoms with E-state index in [9.17, 15) is 4.79 Å². The van der Waals surface area contributed by atoms with E-state index in [2.05, 4.69) is 20.9 Å². The molecule has 0 saturated heterocycles. The van der Waals surface area contributed by atoms with Crippen molar-refractivity contribution < 1.29 is 14.6 Å². The molecule has 0 aliphatic heterocycles. The van der Waals surface area contributed by atoms with E-state index >= 15 is 0 Å². The van der Waals surface area contributed by atoms with Crippen LogP contribution >= 0.6 is 15.9 Å². The third kappa shape index (κ3) is 2.87. The Morgan fingerprint density at radius 2 is 2.11 bits per heavy atom. The number of hydrogen-bond donors (Lipinski definition) is 1. The lowest BCUT2D eigenvalue weighted by atomic mass is 10.1. The Hall–Kier alpha value is -1.88. The summed E-state index contributed by atoms with van der Waals surface area (Å²) in [5.74, 6) is -0.513. The molecule has 92 valence electrons. The molecule has 0 spiro atoms. The Bertz CT molecular complexity index is 557. The molecule has 0 amide bonds. The zero-order valence-electron chi connectivity index (χ0n) is 9.34. The highest BCUT2D eigenvalue weighted by Gasteiger charge is 2.13. The first-order chi connectivity index (χ1) is 8.68. The minimum atomic E-state index is -0.976. The monoisotopic (exact) mass is 307 g/mol. The molecule has 0 atom stereocenters. The van der Waals surface area contributed by atoms with Crippen LogP contribution in [0.5, 0.6) is 5.88 Å². The number of rotatable bonds is 4. The normalized spacial score (nSPS) is 10.1. The summed E-state index contributed by atoms with van der Waals surface area (Å²) in [5.41, 5.74) is 0.816. The van der Waals surface area contributed by atoms with E-state index < -0.39 is 5.97 Å². The Morgan fingerprint density at radius 1 is 1.28 bits per heavy atom. The van der Waals surface area contributed by atoms with E-state index in [0.29, 0.717) is 15.9 Å². The molecule has 1 N–H and O–H groups in total. The van der Waals surface area contributed by atoms with E-state index in [0.717, 1.165) is 0 Å². The van der Waals surface area contributed by atoms with Gasteiger partial charge in [-0.2, -0.15) is 0 Å². The van der Waals surface area contributed by atoms with Crippen molar-refractivity contribution in [3.05, 3.63) is 58.2 Å². The second kappa shape index (κ2) is 5.64. The molecule has 0 bridgehead atoms. The molecule has 0 fully saturated rings. The molecule has 1 aromatic carbocycles. The summed E-state index contributed by atoms with van der Waals surface area (Å²) >= 11 is 3.33. The summed E-state index contributed by atoms with van der Waals surface area (Å²) in [6.07, 6.45) is 1.62. The van der Waals surface area contributed by atoms with Crippen molar-refractivity contribution in [3.8, 4) is 5.88 Å². The molecular weight excluding hydrogens is 298 g/mol. The van der Waals surface area contributed by atoms with Gasteiger partial charge in [-0.1, -0.05) is 28.1 Å². The number of pyridine rings is 1. The second-order valence-corrected chi connectivity index (χ2v) is 4.38. The summed E-state index contributed by atoms with van der Waals surface area (Å²) in [6.45, 7) is 0.153. The molecule has 5 heteroatoms. The number of benzene rings is 1. The van der Waals surface area contributed by atoms with Crippen LogP contribution < -0.4 is 4.74 Å². The Balaban J connectivity index is 2.21. The molecule has 18 heavy (non-hydrogen) atoms. The van der Waals surface area contributed by atoms with Gasteiger partial charge in [-0.15, -0.1) is 0 Å². The number of hydrogen-bond acceptors (Lipinski definition) is 3. The maximum absolute atomic E-state index is 11.1. The Kier molecular flexibility index (Phi) is 3.94. The lowest BCUT2D eigenvalue weighted by Gasteiger charge is -2.09. The highest BCUT2D eigenvalue weighted by atomic mass is 79.9. The van der Waals surface area contributed by atoms with Gasteiger partial charge in [0, 0.05) is 22.3 Å².